The molecule has 1 aliphatic carbocycles. The molecule has 0 bridgehead atoms. The van der Waals surface area contributed by atoms with Crippen molar-refractivity contribution in [2.75, 3.05) is 43.0 Å². The van der Waals surface area contributed by atoms with Gasteiger partial charge in [-0.15, -0.1) is 0 Å². The number of amides is 3. The molecule has 2 fully saturated rings. The number of rotatable bonds is 2. The summed E-state index contributed by atoms with van der Waals surface area (Å²) in [6.07, 6.45) is 5.92. The lowest BCUT2D eigenvalue weighted by atomic mass is 9.96. The molecule has 140 valence electrons. The molecule has 0 spiro atoms. The highest BCUT2D eigenvalue weighted by Gasteiger charge is 2.27. The molecule has 7 nitrogen and oxygen atoms in total. The minimum absolute atomic E-state index is 0.0494. The van der Waals surface area contributed by atoms with Crippen LogP contribution in [0.4, 0.5) is 16.2 Å². The zero-order valence-electron chi connectivity index (χ0n) is 15.0. The Morgan fingerprint density at radius 2 is 1.88 bits per heavy atom. The van der Waals surface area contributed by atoms with Crippen molar-refractivity contribution in [1.29, 1.82) is 0 Å². The Kier molecular flexibility index (Phi) is 4.86. The number of nitrogens with zero attached hydrogens (tertiary/aromatic N) is 2. The SMILES string of the molecule is O=C1COc2c(cccc2N2CCN(C(=O)NC3CCCCC3)CC2)N1. The third-order valence-corrected chi connectivity index (χ3v) is 5.46. The van der Waals surface area contributed by atoms with E-state index < -0.39 is 0 Å². The summed E-state index contributed by atoms with van der Waals surface area (Å²) < 4.78 is 5.65. The monoisotopic (exact) mass is 358 g/mol. The highest BCUT2D eigenvalue weighted by Crippen LogP contribution is 2.38. The van der Waals surface area contributed by atoms with Gasteiger partial charge in [-0.2, -0.15) is 0 Å². The average Bonchev–Trinajstić information content (AvgIpc) is 2.68. The van der Waals surface area contributed by atoms with Crippen LogP contribution >= 0.6 is 0 Å². The van der Waals surface area contributed by atoms with Crippen molar-refractivity contribution in [1.82, 2.24) is 10.2 Å². The van der Waals surface area contributed by atoms with Gasteiger partial charge in [0.25, 0.3) is 5.91 Å². The molecule has 2 N–H and O–H groups in total. The topological polar surface area (TPSA) is 73.9 Å². The quantitative estimate of drug-likeness (QED) is 0.850. The van der Waals surface area contributed by atoms with Gasteiger partial charge in [0, 0.05) is 32.2 Å². The molecule has 7 heteroatoms. The van der Waals surface area contributed by atoms with Gasteiger partial charge in [0.15, 0.2) is 12.4 Å². The second-order valence-corrected chi connectivity index (χ2v) is 7.25. The van der Waals surface area contributed by atoms with Gasteiger partial charge >= 0.3 is 6.03 Å². The molecule has 1 saturated heterocycles. The van der Waals surface area contributed by atoms with Crippen LogP contribution in [-0.4, -0.2) is 55.7 Å². The number of nitrogens with one attached hydrogen (secondary N) is 2. The molecule has 2 heterocycles. The lowest BCUT2D eigenvalue weighted by Crippen LogP contribution is -2.53. The summed E-state index contributed by atoms with van der Waals surface area (Å²) in [4.78, 5) is 28.1. The fourth-order valence-electron chi connectivity index (χ4n) is 4.01. The first-order valence-electron chi connectivity index (χ1n) is 9.57. The number of piperazine rings is 1. The van der Waals surface area contributed by atoms with E-state index in [2.05, 4.69) is 15.5 Å². The lowest BCUT2D eigenvalue weighted by Gasteiger charge is -2.38. The second kappa shape index (κ2) is 7.43. The molecule has 4 rings (SSSR count). The Hall–Kier alpha value is -2.44. The molecule has 0 unspecified atom stereocenters. The smallest absolute Gasteiger partial charge is 0.317 e. The van der Waals surface area contributed by atoms with E-state index in [4.69, 9.17) is 4.74 Å². The predicted octanol–water partition coefficient (Wildman–Crippen LogP) is 2.18. The maximum atomic E-state index is 12.5. The molecule has 0 atom stereocenters. The normalized spacial score (nSPS) is 20.8. The van der Waals surface area contributed by atoms with Crippen LogP contribution in [0.15, 0.2) is 18.2 Å². The van der Waals surface area contributed by atoms with Crippen molar-refractivity contribution in [2.24, 2.45) is 0 Å². The standard InChI is InChI=1S/C19H26N4O3/c24-17-13-26-18-15(21-17)7-4-8-16(18)22-9-11-23(12-10-22)19(25)20-14-5-2-1-3-6-14/h4,7-8,14H,1-3,5-6,9-13H2,(H,20,25)(H,21,24). The van der Waals surface area contributed by atoms with Crippen molar-refractivity contribution < 1.29 is 14.3 Å². The lowest BCUT2D eigenvalue weighted by molar-refractivity contribution is -0.118. The van der Waals surface area contributed by atoms with Crippen LogP contribution in [0, 0.1) is 0 Å². The van der Waals surface area contributed by atoms with E-state index in [1.807, 2.05) is 23.1 Å². The molecule has 1 aromatic rings. The van der Waals surface area contributed by atoms with Crippen LogP contribution in [0.25, 0.3) is 0 Å². The first-order chi connectivity index (χ1) is 12.7. The number of benzene rings is 1. The second-order valence-electron chi connectivity index (χ2n) is 7.25. The zero-order valence-corrected chi connectivity index (χ0v) is 15.0. The summed E-state index contributed by atoms with van der Waals surface area (Å²) in [5.41, 5.74) is 1.70. The van der Waals surface area contributed by atoms with E-state index >= 15 is 0 Å². The molecule has 1 saturated carbocycles. The van der Waals surface area contributed by atoms with E-state index in [1.165, 1.54) is 19.3 Å². The summed E-state index contributed by atoms with van der Waals surface area (Å²) in [5, 5.41) is 6.04. The summed E-state index contributed by atoms with van der Waals surface area (Å²) in [5.74, 6) is 0.603. The van der Waals surface area contributed by atoms with Gasteiger partial charge in [0.05, 0.1) is 11.4 Å². The number of hydrogen-bond donors (Lipinski definition) is 2. The Morgan fingerprint density at radius 1 is 1.12 bits per heavy atom. The number of ether oxygens (including phenoxy) is 1. The molecular weight excluding hydrogens is 332 g/mol. The van der Waals surface area contributed by atoms with Crippen molar-refractivity contribution in [3.63, 3.8) is 0 Å². The molecule has 0 aromatic heterocycles. The first-order valence-corrected chi connectivity index (χ1v) is 9.57. The largest absolute Gasteiger partial charge is 0.479 e. The first kappa shape index (κ1) is 17.0. The highest BCUT2D eigenvalue weighted by atomic mass is 16.5. The van der Waals surface area contributed by atoms with E-state index in [9.17, 15) is 9.59 Å². The van der Waals surface area contributed by atoms with Crippen LogP contribution < -0.4 is 20.3 Å². The molecule has 2 aliphatic heterocycles. The summed E-state index contributed by atoms with van der Waals surface area (Å²) >= 11 is 0. The number of hydrogen-bond acceptors (Lipinski definition) is 4. The number of fused-ring (bicyclic) bond motifs is 1. The van der Waals surface area contributed by atoms with E-state index in [0.29, 0.717) is 19.1 Å². The van der Waals surface area contributed by atoms with Gasteiger partial charge in [0.2, 0.25) is 0 Å². The third-order valence-electron chi connectivity index (χ3n) is 5.46. The minimum Gasteiger partial charge on any atom is -0.479 e. The van der Waals surface area contributed by atoms with E-state index in [-0.39, 0.29) is 18.5 Å². The Balaban J connectivity index is 1.36. The fraction of sp³-hybridized carbons (Fsp3) is 0.579. The Morgan fingerprint density at radius 3 is 2.65 bits per heavy atom. The maximum absolute atomic E-state index is 12.5. The fourth-order valence-corrected chi connectivity index (χ4v) is 4.01. The van der Waals surface area contributed by atoms with Crippen LogP contribution in [-0.2, 0) is 4.79 Å². The van der Waals surface area contributed by atoms with Gasteiger partial charge in [-0.3, -0.25) is 4.79 Å². The van der Waals surface area contributed by atoms with Crippen LogP contribution in [0.3, 0.4) is 0 Å². The summed E-state index contributed by atoms with van der Waals surface area (Å²) in [6.45, 7) is 2.94. The van der Waals surface area contributed by atoms with Gasteiger partial charge in [-0.1, -0.05) is 25.3 Å². The van der Waals surface area contributed by atoms with E-state index in [0.717, 1.165) is 43.1 Å². The molecular formula is C19H26N4O3. The van der Waals surface area contributed by atoms with E-state index in [1.54, 1.807) is 0 Å². The Labute approximate surface area is 153 Å². The molecule has 0 radical (unpaired) electrons. The van der Waals surface area contributed by atoms with Crippen molar-refractivity contribution in [2.45, 2.75) is 38.1 Å². The number of carbonyl (C=O) groups is 2. The molecule has 3 aliphatic rings. The van der Waals surface area contributed by atoms with Gasteiger partial charge in [0.1, 0.15) is 0 Å². The number of para-hydroxylation sites is 1. The summed E-state index contributed by atoms with van der Waals surface area (Å²) in [7, 11) is 0. The van der Waals surface area contributed by atoms with Crippen LogP contribution in [0.5, 0.6) is 5.75 Å². The molecule has 1 aromatic carbocycles. The molecule has 26 heavy (non-hydrogen) atoms. The number of urea groups is 1. The Bertz CT molecular complexity index is 679. The van der Waals surface area contributed by atoms with Gasteiger partial charge < -0.3 is 25.2 Å². The average molecular weight is 358 g/mol. The van der Waals surface area contributed by atoms with Crippen LogP contribution in [0.1, 0.15) is 32.1 Å². The van der Waals surface area contributed by atoms with Crippen molar-refractivity contribution in [3.05, 3.63) is 18.2 Å². The van der Waals surface area contributed by atoms with Crippen molar-refractivity contribution in [3.8, 4) is 5.75 Å². The number of carbonyl (C=O) groups excluding carboxylic acids is 2. The van der Waals surface area contributed by atoms with Crippen molar-refractivity contribution >= 4 is 23.3 Å². The van der Waals surface area contributed by atoms with Gasteiger partial charge in [-0.25, -0.2) is 4.79 Å². The minimum atomic E-state index is -0.126. The molecule has 3 amide bonds. The highest BCUT2D eigenvalue weighted by molar-refractivity contribution is 5.97. The third kappa shape index (κ3) is 3.57. The summed E-state index contributed by atoms with van der Waals surface area (Å²) in [6, 6.07) is 6.19. The van der Waals surface area contributed by atoms with Gasteiger partial charge in [-0.05, 0) is 25.0 Å². The maximum Gasteiger partial charge on any atom is 0.317 e. The van der Waals surface area contributed by atoms with Crippen LogP contribution in [0.2, 0.25) is 0 Å². The zero-order chi connectivity index (χ0) is 17.9. The number of anilines is 2. The predicted molar refractivity (Wildman–Crippen MR) is 99.8 cm³/mol.